The Hall–Kier alpha value is -3.22. The van der Waals surface area contributed by atoms with Gasteiger partial charge in [-0.25, -0.2) is 0 Å². The van der Waals surface area contributed by atoms with E-state index in [-0.39, 0.29) is 18.0 Å². The fourth-order valence-corrected chi connectivity index (χ4v) is 3.49. The number of ketones is 2. The summed E-state index contributed by atoms with van der Waals surface area (Å²) in [6.45, 7) is 4.59. The summed E-state index contributed by atoms with van der Waals surface area (Å²) in [5.74, 6) is -1.94. The summed E-state index contributed by atoms with van der Waals surface area (Å²) < 4.78 is 5.36. The maximum absolute atomic E-state index is 12.6. The molecule has 0 radical (unpaired) electrons. The second-order valence-corrected chi connectivity index (χ2v) is 7.24. The highest BCUT2D eigenvalue weighted by molar-refractivity contribution is 5.98. The van der Waals surface area contributed by atoms with E-state index < -0.39 is 17.8 Å². The molecule has 7 nitrogen and oxygen atoms in total. The van der Waals surface area contributed by atoms with E-state index in [1.165, 1.54) is 6.08 Å². The normalized spacial score (nSPS) is 19.6. The summed E-state index contributed by atoms with van der Waals surface area (Å²) in [5, 5.41) is 15.6. The molecule has 0 saturated heterocycles. The number of Topliss-reactive ketones (excluding diaryl/α,β-unsaturated/α-hetero) is 1. The van der Waals surface area contributed by atoms with Gasteiger partial charge in [-0.3, -0.25) is 19.4 Å². The third-order valence-corrected chi connectivity index (χ3v) is 4.96. The first-order chi connectivity index (χ1) is 13.9. The molecular formula is C22H24N2O5. The maximum atomic E-state index is 12.6. The van der Waals surface area contributed by atoms with Crippen molar-refractivity contribution in [3.63, 3.8) is 0 Å². The average Bonchev–Trinajstić information content (AvgIpc) is 3.15. The number of ether oxygens (including phenoxy) is 1. The number of allylic oxidation sites excluding steroid dienone is 3. The van der Waals surface area contributed by atoms with Crippen LogP contribution in [-0.2, 0) is 9.59 Å². The van der Waals surface area contributed by atoms with Crippen LogP contribution in [0.2, 0.25) is 0 Å². The highest BCUT2D eigenvalue weighted by Gasteiger charge is 2.34. The van der Waals surface area contributed by atoms with E-state index in [1.54, 1.807) is 35.5 Å². The molecule has 1 aliphatic carbocycles. The van der Waals surface area contributed by atoms with Crippen molar-refractivity contribution < 1.29 is 24.2 Å². The summed E-state index contributed by atoms with van der Waals surface area (Å²) >= 11 is 0. The fourth-order valence-electron chi connectivity index (χ4n) is 3.49. The van der Waals surface area contributed by atoms with Crippen LogP contribution in [0.15, 0.2) is 52.8 Å². The molecule has 2 aliphatic rings. The minimum atomic E-state index is -1.04. The molecule has 152 valence electrons. The molecule has 2 unspecified atom stereocenters. The zero-order valence-corrected chi connectivity index (χ0v) is 16.5. The van der Waals surface area contributed by atoms with Crippen LogP contribution >= 0.6 is 0 Å². The lowest BCUT2D eigenvalue weighted by Gasteiger charge is -2.22. The van der Waals surface area contributed by atoms with Crippen LogP contribution in [0.1, 0.15) is 37.0 Å². The van der Waals surface area contributed by atoms with E-state index in [9.17, 15) is 19.5 Å². The summed E-state index contributed by atoms with van der Waals surface area (Å²) in [6, 6.07) is 6.69. The van der Waals surface area contributed by atoms with Gasteiger partial charge in [0, 0.05) is 36.6 Å². The van der Waals surface area contributed by atoms with E-state index >= 15 is 0 Å². The van der Waals surface area contributed by atoms with Gasteiger partial charge in [0.25, 0.3) is 0 Å². The lowest BCUT2D eigenvalue weighted by Crippen LogP contribution is -2.31. The largest absolute Gasteiger partial charge is 0.494 e. The molecule has 1 heterocycles. The van der Waals surface area contributed by atoms with Crippen LogP contribution in [0, 0.1) is 11.8 Å². The third-order valence-electron chi connectivity index (χ3n) is 4.96. The SMILES string of the molecule is CCOc1ccc(C(=O)CC(C(=O)O)C2C=NN(C3=CC(=O)CC(C)=C3)C2)cc1. The van der Waals surface area contributed by atoms with Gasteiger partial charge in [0.15, 0.2) is 11.6 Å². The van der Waals surface area contributed by atoms with Gasteiger partial charge in [0.05, 0.1) is 24.8 Å². The van der Waals surface area contributed by atoms with Crippen molar-refractivity contribution in [3.05, 3.63) is 53.3 Å². The molecule has 0 saturated carbocycles. The number of carboxylic acid groups (broad SMARTS) is 1. The number of carbonyl (C=O) groups is 3. The van der Waals surface area contributed by atoms with Crippen molar-refractivity contribution in [1.82, 2.24) is 5.01 Å². The van der Waals surface area contributed by atoms with E-state index in [0.717, 1.165) is 5.57 Å². The number of nitrogens with zero attached hydrogens (tertiary/aromatic N) is 2. The summed E-state index contributed by atoms with van der Waals surface area (Å²) in [7, 11) is 0. The lowest BCUT2D eigenvalue weighted by molar-refractivity contribution is -0.142. The second-order valence-electron chi connectivity index (χ2n) is 7.24. The molecule has 1 aromatic rings. The Bertz CT molecular complexity index is 898. The van der Waals surface area contributed by atoms with Crippen LogP contribution < -0.4 is 4.74 Å². The quantitative estimate of drug-likeness (QED) is 0.679. The molecule has 0 aromatic heterocycles. The topological polar surface area (TPSA) is 96.3 Å². The minimum Gasteiger partial charge on any atom is -0.494 e. The molecular weight excluding hydrogens is 372 g/mol. The molecule has 0 fully saturated rings. The maximum Gasteiger partial charge on any atom is 0.307 e. The number of hydrogen-bond donors (Lipinski definition) is 1. The fraction of sp³-hybridized carbons (Fsp3) is 0.364. The molecule has 1 aromatic carbocycles. The van der Waals surface area contributed by atoms with Crippen molar-refractivity contribution in [1.29, 1.82) is 0 Å². The van der Waals surface area contributed by atoms with Crippen LogP contribution in [0.5, 0.6) is 5.75 Å². The highest BCUT2D eigenvalue weighted by Crippen LogP contribution is 2.27. The van der Waals surface area contributed by atoms with E-state index in [2.05, 4.69) is 5.10 Å². The number of carbonyl (C=O) groups excluding carboxylic acids is 2. The molecule has 2 atom stereocenters. The van der Waals surface area contributed by atoms with E-state index in [0.29, 0.717) is 36.6 Å². The van der Waals surface area contributed by atoms with Gasteiger partial charge in [-0.1, -0.05) is 5.57 Å². The first kappa shape index (κ1) is 20.5. The van der Waals surface area contributed by atoms with Gasteiger partial charge < -0.3 is 9.84 Å². The molecule has 29 heavy (non-hydrogen) atoms. The second kappa shape index (κ2) is 8.86. The first-order valence-electron chi connectivity index (χ1n) is 9.59. The molecule has 3 rings (SSSR count). The Kier molecular flexibility index (Phi) is 6.26. The minimum absolute atomic E-state index is 0.000822. The van der Waals surface area contributed by atoms with E-state index in [1.807, 2.05) is 19.9 Å². The molecule has 0 bridgehead atoms. The Morgan fingerprint density at radius 1 is 1.28 bits per heavy atom. The van der Waals surface area contributed by atoms with Crippen LogP contribution in [0.3, 0.4) is 0 Å². The Morgan fingerprint density at radius 2 is 2.00 bits per heavy atom. The number of rotatable bonds is 8. The smallest absolute Gasteiger partial charge is 0.307 e. The summed E-state index contributed by atoms with van der Waals surface area (Å²) in [6.07, 6.45) is 5.22. The zero-order chi connectivity index (χ0) is 21.0. The highest BCUT2D eigenvalue weighted by atomic mass is 16.5. The van der Waals surface area contributed by atoms with Crippen LogP contribution in [0.25, 0.3) is 0 Å². The van der Waals surface area contributed by atoms with Gasteiger partial charge in [-0.05, 0) is 44.2 Å². The number of benzene rings is 1. The molecule has 1 N–H and O–H groups in total. The van der Waals surface area contributed by atoms with Crippen molar-refractivity contribution >= 4 is 23.8 Å². The predicted molar refractivity (Wildman–Crippen MR) is 108 cm³/mol. The van der Waals surface area contributed by atoms with Gasteiger partial charge >= 0.3 is 5.97 Å². The molecule has 7 heteroatoms. The van der Waals surface area contributed by atoms with Crippen molar-refractivity contribution in [2.45, 2.75) is 26.7 Å². The lowest BCUT2D eigenvalue weighted by atomic mass is 9.87. The average molecular weight is 396 g/mol. The van der Waals surface area contributed by atoms with Gasteiger partial charge in [0.1, 0.15) is 5.75 Å². The van der Waals surface area contributed by atoms with Gasteiger partial charge in [0.2, 0.25) is 0 Å². The number of hydrazone groups is 1. The Labute approximate surface area is 169 Å². The Morgan fingerprint density at radius 3 is 2.62 bits per heavy atom. The summed E-state index contributed by atoms with van der Waals surface area (Å²) in [4.78, 5) is 36.3. The van der Waals surface area contributed by atoms with Crippen LogP contribution in [-0.4, -0.2) is 47.0 Å². The van der Waals surface area contributed by atoms with Crippen molar-refractivity contribution in [3.8, 4) is 5.75 Å². The standard InChI is InChI=1S/C22H24N2O5/c1-3-29-19-6-4-15(5-7-19)21(26)11-20(22(27)28)16-12-23-24(13-16)17-8-14(2)9-18(25)10-17/h4-8,10,12,16,20H,3,9,11,13H2,1-2H3,(H,27,28). The monoisotopic (exact) mass is 396 g/mol. The molecule has 0 amide bonds. The first-order valence-corrected chi connectivity index (χ1v) is 9.59. The van der Waals surface area contributed by atoms with Gasteiger partial charge in [-0.2, -0.15) is 5.10 Å². The third kappa shape index (κ3) is 4.99. The van der Waals surface area contributed by atoms with Crippen LogP contribution in [0.4, 0.5) is 0 Å². The predicted octanol–water partition coefficient (Wildman–Crippen LogP) is 3.08. The molecule has 0 spiro atoms. The number of hydrogen-bond acceptors (Lipinski definition) is 6. The summed E-state index contributed by atoms with van der Waals surface area (Å²) in [5.41, 5.74) is 2.04. The van der Waals surface area contributed by atoms with Crippen molar-refractivity contribution in [2.24, 2.45) is 16.9 Å². The van der Waals surface area contributed by atoms with Gasteiger partial charge in [-0.15, -0.1) is 0 Å². The zero-order valence-electron chi connectivity index (χ0n) is 16.5. The Balaban J connectivity index is 1.68. The van der Waals surface area contributed by atoms with E-state index in [4.69, 9.17) is 4.74 Å². The van der Waals surface area contributed by atoms with Crippen molar-refractivity contribution in [2.75, 3.05) is 13.2 Å². The number of aliphatic carboxylic acids is 1. The molecule has 1 aliphatic heterocycles. The number of carboxylic acids is 1.